The van der Waals surface area contributed by atoms with Gasteiger partial charge in [0.05, 0.1) is 11.7 Å². The van der Waals surface area contributed by atoms with Crippen LogP contribution in [0.3, 0.4) is 0 Å². The standard InChI is InChI=1S/C17H23N3/c1-19-10-9-17(8-4-3-5-16(17)19)14-7-6-13-12-18-20(2)15(13)11-14/h6-7,11-12,16H,3-5,8-10H2,1-2H3. The predicted molar refractivity (Wildman–Crippen MR) is 81.9 cm³/mol. The third-order valence-electron chi connectivity index (χ3n) is 5.76. The first-order valence-corrected chi connectivity index (χ1v) is 7.83. The van der Waals surface area contributed by atoms with Crippen LogP contribution in [0, 0.1) is 0 Å². The Morgan fingerprint density at radius 3 is 3.00 bits per heavy atom. The molecule has 0 radical (unpaired) electrons. The van der Waals surface area contributed by atoms with Crippen molar-refractivity contribution in [2.75, 3.05) is 13.6 Å². The van der Waals surface area contributed by atoms with Gasteiger partial charge in [-0.15, -0.1) is 0 Å². The molecular weight excluding hydrogens is 246 g/mol. The number of aryl methyl sites for hydroxylation is 1. The number of hydrogen-bond acceptors (Lipinski definition) is 2. The monoisotopic (exact) mass is 269 g/mol. The van der Waals surface area contributed by atoms with Crippen LogP contribution in [0.15, 0.2) is 24.4 Å². The maximum Gasteiger partial charge on any atom is 0.0682 e. The van der Waals surface area contributed by atoms with E-state index in [9.17, 15) is 0 Å². The Kier molecular flexibility index (Phi) is 2.68. The molecule has 2 aliphatic rings. The minimum Gasteiger partial charge on any atom is -0.302 e. The molecule has 0 amide bonds. The molecule has 1 aliphatic carbocycles. The van der Waals surface area contributed by atoms with Crippen LogP contribution in [-0.4, -0.2) is 34.3 Å². The second kappa shape index (κ2) is 4.32. The molecule has 2 unspecified atom stereocenters. The Balaban J connectivity index is 1.85. The summed E-state index contributed by atoms with van der Waals surface area (Å²) in [6, 6.07) is 7.76. The fourth-order valence-corrected chi connectivity index (χ4v) is 4.62. The first kappa shape index (κ1) is 12.4. The van der Waals surface area contributed by atoms with Gasteiger partial charge in [-0.05, 0) is 44.5 Å². The molecule has 4 rings (SSSR count). The summed E-state index contributed by atoms with van der Waals surface area (Å²) in [5, 5.41) is 5.64. The molecule has 106 valence electrons. The Morgan fingerprint density at radius 2 is 2.10 bits per heavy atom. The topological polar surface area (TPSA) is 21.1 Å². The minimum atomic E-state index is 0.394. The molecule has 20 heavy (non-hydrogen) atoms. The zero-order valence-corrected chi connectivity index (χ0v) is 12.5. The molecule has 1 aromatic heterocycles. The molecule has 2 aromatic rings. The maximum absolute atomic E-state index is 4.39. The predicted octanol–water partition coefficient (Wildman–Crippen LogP) is 3.09. The van der Waals surface area contributed by atoms with Crippen LogP contribution in [0.2, 0.25) is 0 Å². The van der Waals surface area contributed by atoms with Gasteiger partial charge in [0.1, 0.15) is 0 Å². The van der Waals surface area contributed by atoms with Crippen LogP contribution in [0.4, 0.5) is 0 Å². The van der Waals surface area contributed by atoms with E-state index in [0.29, 0.717) is 5.41 Å². The quantitative estimate of drug-likeness (QED) is 0.793. The Bertz CT molecular complexity index is 641. The van der Waals surface area contributed by atoms with E-state index in [-0.39, 0.29) is 0 Å². The van der Waals surface area contributed by atoms with E-state index in [1.807, 2.05) is 17.9 Å². The Morgan fingerprint density at radius 1 is 1.20 bits per heavy atom. The smallest absolute Gasteiger partial charge is 0.0682 e. The molecular formula is C17H23N3. The van der Waals surface area contributed by atoms with Gasteiger partial charge in [0.25, 0.3) is 0 Å². The average molecular weight is 269 g/mol. The van der Waals surface area contributed by atoms with Gasteiger partial charge in [-0.1, -0.05) is 25.0 Å². The van der Waals surface area contributed by atoms with Crippen molar-refractivity contribution in [3.8, 4) is 0 Å². The third kappa shape index (κ3) is 1.59. The lowest BCUT2D eigenvalue weighted by molar-refractivity contribution is 0.182. The summed E-state index contributed by atoms with van der Waals surface area (Å²) in [6.45, 7) is 1.24. The third-order valence-corrected chi connectivity index (χ3v) is 5.76. The zero-order valence-electron chi connectivity index (χ0n) is 12.5. The molecule has 1 saturated heterocycles. The van der Waals surface area contributed by atoms with Gasteiger partial charge in [-0.25, -0.2) is 0 Å². The number of likely N-dealkylation sites (tertiary alicyclic amines) is 1. The summed E-state index contributed by atoms with van der Waals surface area (Å²) >= 11 is 0. The minimum absolute atomic E-state index is 0.394. The fraction of sp³-hybridized carbons (Fsp3) is 0.588. The van der Waals surface area contributed by atoms with Gasteiger partial charge >= 0.3 is 0 Å². The van der Waals surface area contributed by atoms with Crippen molar-refractivity contribution in [3.05, 3.63) is 30.0 Å². The highest BCUT2D eigenvalue weighted by Gasteiger charge is 2.48. The van der Waals surface area contributed by atoms with E-state index in [2.05, 4.69) is 35.2 Å². The van der Waals surface area contributed by atoms with Crippen molar-refractivity contribution in [3.63, 3.8) is 0 Å². The maximum atomic E-state index is 4.39. The van der Waals surface area contributed by atoms with Gasteiger partial charge < -0.3 is 4.90 Å². The van der Waals surface area contributed by atoms with Crippen molar-refractivity contribution >= 4 is 10.9 Å². The van der Waals surface area contributed by atoms with E-state index in [1.54, 1.807) is 5.56 Å². The first-order chi connectivity index (χ1) is 9.71. The normalized spacial score (nSPS) is 30.8. The lowest BCUT2D eigenvalue weighted by atomic mass is 9.66. The highest BCUT2D eigenvalue weighted by molar-refractivity contribution is 5.79. The average Bonchev–Trinajstić information content (AvgIpc) is 3.02. The second-order valence-electron chi connectivity index (χ2n) is 6.69. The molecule has 0 spiro atoms. The summed E-state index contributed by atoms with van der Waals surface area (Å²) in [5.74, 6) is 0. The van der Waals surface area contributed by atoms with Gasteiger partial charge in [0.15, 0.2) is 0 Å². The number of rotatable bonds is 1. The number of likely N-dealkylation sites (N-methyl/N-ethyl adjacent to an activating group) is 1. The molecule has 2 atom stereocenters. The van der Waals surface area contributed by atoms with Crippen molar-refractivity contribution in [1.29, 1.82) is 0 Å². The van der Waals surface area contributed by atoms with Crippen LogP contribution < -0.4 is 0 Å². The molecule has 2 fully saturated rings. The van der Waals surface area contributed by atoms with Crippen LogP contribution >= 0.6 is 0 Å². The molecule has 1 aromatic carbocycles. The molecule has 0 bridgehead atoms. The highest BCUT2D eigenvalue weighted by atomic mass is 15.2. The Hall–Kier alpha value is -1.35. The van der Waals surface area contributed by atoms with Crippen molar-refractivity contribution < 1.29 is 0 Å². The first-order valence-electron chi connectivity index (χ1n) is 7.83. The van der Waals surface area contributed by atoms with Crippen LogP contribution in [0.5, 0.6) is 0 Å². The SMILES string of the molecule is CN1CCC2(c3ccc4cnn(C)c4c3)CCCCC12. The number of nitrogens with zero attached hydrogens (tertiary/aromatic N) is 3. The lowest BCUT2D eigenvalue weighted by Gasteiger charge is -2.41. The van der Waals surface area contributed by atoms with E-state index < -0.39 is 0 Å². The highest BCUT2D eigenvalue weighted by Crippen LogP contribution is 2.48. The lowest BCUT2D eigenvalue weighted by Crippen LogP contribution is -2.43. The number of aromatic nitrogens is 2. The number of hydrogen-bond donors (Lipinski definition) is 0. The van der Waals surface area contributed by atoms with Crippen molar-refractivity contribution in [1.82, 2.24) is 14.7 Å². The van der Waals surface area contributed by atoms with Gasteiger partial charge in [0.2, 0.25) is 0 Å². The van der Waals surface area contributed by atoms with Crippen molar-refractivity contribution in [2.45, 2.75) is 43.6 Å². The van der Waals surface area contributed by atoms with Crippen LogP contribution in [0.1, 0.15) is 37.7 Å². The summed E-state index contributed by atoms with van der Waals surface area (Å²) < 4.78 is 2.01. The van der Waals surface area contributed by atoms with Crippen LogP contribution in [-0.2, 0) is 12.5 Å². The van der Waals surface area contributed by atoms with Crippen LogP contribution in [0.25, 0.3) is 10.9 Å². The summed E-state index contributed by atoms with van der Waals surface area (Å²) in [7, 11) is 4.35. The van der Waals surface area contributed by atoms with E-state index in [4.69, 9.17) is 0 Å². The molecule has 3 heteroatoms. The molecule has 1 saturated carbocycles. The zero-order chi connectivity index (χ0) is 13.7. The van der Waals surface area contributed by atoms with Gasteiger partial charge in [-0.2, -0.15) is 5.10 Å². The van der Waals surface area contributed by atoms with Crippen molar-refractivity contribution in [2.24, 2.45) is 7.05 Å². The molecule has 2 heterocycles. The second-order valence-corrected chi connectivity index (χ2v) is 6.69. The largest absolute Gasteiger partial charge is 0.302 e. The summed E-state index contributed by atoms with van der Waals surface area (Å²) in [6.07, 6.45) is 8.77. The molecule has 1 aliphatic heterocycles. The number of fused-ring (bicyclic) bond motifs is 2. The van der Waals surface area contributed by atoms with Gasteiger partial charge in [-0.3, -0.25) is 4.68 Å². The van der Waals surface area contributed by atoms with Gasteiger partial charge in [0, 0.05) is 23.9 Å². The number of benzene rings is 1. The summed E-state index contributed by atoms with van der Waals surface area (Å²) in [4.78, 5) is 2.59. The Labute approximate surface area is 120 Å². The summed E-state index contributed by atoms with van der Waals surface area (Å²) in [5.41, 5.74) is 3.21. The molecule has 3 nitrogen and oxygen atoms in total. The fourth-order valence-electron chi connectivity index (χ4n) is 4.62. The van der Waals surface area contributed by atoms with E-state index in [1.165, 1.54) is 49.6 Å². The molecule has 0 N–H and O–H groups in total. The van der Waals surface area contributed by atoms with E-state index >= 15 is 0 Å². The van der Waals surface area contributed by atoms with E-state index in [0.717, 1.165) is 6.04 Å².